The van der Waals surface area contributed by atoms with E-state index in [0.29, 0.717) is 15.9 Å². The standard InChI is InChI=1S/C9H9BClN3O2S/c1-17-9(13-5-12)14-8-4-6(10(15)16)2-3-7(8)11/h2-4,15-16H,1H3,(H,13,14). The van der Waals surface area contributed by atoms with Crippen molar-refractivity contribution in [3.63, 3.8) is 0 Å². The minimum Gasteiger partial charge on any atom is -0.423 e. The predicted molar refractivity (Wildman–Crippen MR) is 70.6 cm³/mol. The highest BCUT2D eigenvalue weighted by molar-refractivity contribution is 8.13. The Kier molecular flexibility index (Phi) is 5.32. The zero-order valence-corrected chi connectivity index (χ0v) is 10.5. The molecule has 0 bridgehead atoms. The Morgan fingerprint density at radius 2 is 2.29 bits per heavy atom. The van der Waals surface area contributed by atoms with Crippen LogP contribution in [-0.2, 0) is 0 Å². The lowest BCUT2D eigenvalue weighted by atomic mass is 9.80. The molecule has 0 unspecified atom stereocenters. The Labute approximate surface area is 108 Å². The molecule has 8 heteroatoms. The van der Waals surface area contributed by atoms with Gasteiger partial charge in [0.2, 0.25) is 0 Å². The minimum absolute atomic E-state index is 0.283. The van der Waals surface area contributed by atoms with Crippen molar-refractivity contribution < 1.29 is 10.0 Å². The van der Waals surface area contributed by atoms with Gasteiger partial charge in [0.15, 0.2) is 11.4 Å². The second-order valence-electron chi connectivity index (χ2n) is 2.94. The fourth-order valence-electron chi connectivity index (χ4n) is 1.06. The van der Waals surface area contributed by atoms with Gasteiger partial charge in [-0.3, -0.25) is 5.32 Å². The van der Waals surface area contributed by atoms with Crippen LogP contribution in [0.15, 0.2) is 23.2 Å². The summed E-state index contributed by atoms with van der Waals surface area (Å²) in [7, 11) is -1.58. The van der Waals surface area contributed by atoms with E-state index >= 15 is 0 Å². The molecule has 0 aliphatic rings. The average molecular weight is 270 g/mol. The van der Waals surface area contributed by atoms with Crippen molar-refractivity contribution in [3.05, 3.63) is 23.2 Å². The Morgan fingerprint density at radius 3 is 2.82 bits per heavy atom. The van der Waals surface area contributed by atoms with E-state index in [1.54, 1.807) is 12.4 Å². The summed E-state index contributed by atoms with van der Waals surface area (Å²) in [6, 6.07) is 4.45. The number of hydrogen-bond donors (Lipinski definition) is 3. The molecule has 0 radical (unpaired) electrons. The number of benzene rings is 1. The maximum absolute atomic E-state index is 9.02. The van der Waals surface area contributed by atoms with Crippen molar-refractivity contribution in [1.29, 1.82) is 5.26 Å². The number of aliphatic imine (C=N–C) groups is 1. The second-order valence-corrected chi connectivity index (χ2v) is 4.14. The summed E-state index contributed by atoms with van der Waals surface area (Å²) in [4.78, 5) is 4.10. The summed E-state index contributed by atoms with van der Waals surface area (Å²) in [5.74, 6) is 0. The molecule has 5 nitrogen and oxygen atoms in total. The number of rotatable bonds is 2. The quantitative estimate of drug-likeness (QED) is 0.238. The van der Waals surface area contributed by atoms with Gasteiger partial charge in [0.05, 0.1) is 10.7 Å². The first-order valence-corrected chi connectivity index (χ1v) is 6.12. The lowest BCUT2D eigenvalue weighted by Crippen LogP contribution is -2.29. The summed E-state index contributed by atoms with van der Waals surface area (Å²) < 4.78 is 0. The molecule has 0 saturated carbocycles. The van der Waals surface area contributed by atoms with Gasteiger partial charge in [-0.2, -0.15) is 5.26 Å². The number of nitrogens with zero attached hydrogens (tertiary/aromatic N) is 2. The minimum atomic E-state index is -1.58. The zero-order chi connectivity index (χ0) is 12.8. The zero-order valence-electron chi connectivity index (χ0n) is 8.88. The summed E-state index contributed by atoms with van der Waals surface area (Å²) in [6.07, 6.45) is 3.50. The summed E-state index contributed by atoms with van der Waals surface area (Å²) in [5, 5.41) is 29.7. The lowest BCUT2D eigenvalue weighted by molar-refractivity contribution is 0.426. The van der Waals surface area contributed by atoms with Gasteiger partial charge in [-0.25, -0.2) is 4.99 Å². The van der Waals surface area contributed by atoms with E-state index < -0.39 is 7.12 Å². The smallest absolute Gasteiger partial charge is 0.423 e. The topological polar surface area (TPSA) is 88.6 Å². The highest BCUT2D eigenvalue weighted by Gasteiger charge is 2.13. The Bertz CT molecular complexity index is 476. The lowest BCUT2D eigenvalue weighted by Gasteiger charge is -2.05. The van der Waals surface area contributed by atoms with Crippen LogP contribution in [0.2, 0.25) is 5.02 Å². The van der Waals surface area contributed by atoms with Gasteiger partial charge in [0.25, 0.3) is 0 Å². The summed E-state index contributed by atoms with van der Waals surface area (Å²) in [5.41, 5.74) is 0.648. The fourth-order valence-corrected chi connectivity index (χ4v) is 1.55. The molecule has 88 valence electrons. The normalized spacial score (nSPS) is 10.9. The van der Waals surface area contributed by atoms with E-state index in [4.69, 9.17) is 26.9 Å². The predicted octanol–water partition coefficient (Wildman–Crippen LogP) is 0.441. The maximum atomic E-state index is 9.02. The monoisotopic (exact) mass is 269 g/mol. The molecule has 1 aromatic carbocycles. The number of nitriles is 1. The fraction of sp³-hybridized carbons (Fsp3) is 0.111. The van der Waals surface area contributed by atoms with E-state index in [0.717, 1.165) is 0 Å². The van der Waals surface area contributed by atoms with Crippen molar-refractivity contribution >= 4 is 46.8 Å². The van der Waals surface area contributed by atoms with Gasteiger partial charge in [0, 0.05) is 0 Å². The number of amidine groups is 1. The molecular weight excluding hydrogens is 260 g/mol. The molecular formula is C9H9BClN3O2S. The maximum Gasteiger partial charge on any atom is 0.488 e. The van der Waals surface area contributed by atoms with Crippen molar-refractivity contribution in [2.24, 2.45) is 4.99 Å². The molecule has 3 N–H and O–H groups in total. The van der Waals surface area contributed by atoms with Crippen LogP contribution in [-0.4, -0.2) is 28.6 Å². The molecule has 0 heterocycles. The van der Waals surface area contributed by atoms with Gasteiger partial charge < -0.3 is 10.0 Å². The van der Waals surface area contributed by atoms with Gasteiger partial charge in [-0.1, -0.05) is 29.4 Å². The Balaban J connectivity index is 3.12. The van der Waals surface area contributed by atoms with Crippen molar-refractivity contribution in [2.75, 3.05) is 6.26 Å². The van der Waals surface area contributed by atoms with Gasteiger partial charge in [-0.15, -0.1) is 0 Å². The van der Waals surface area contributed by atoms with Crippen molar-refractivity contribution in [3.8, 4) is 6.19 Å². The van der Waals surface area contributed by atoms with E-state index in [2.05, 4.69) is 10.3 Å². The molecule has 0 spiro atoms. The van der Waals surface area contributed by atoms with Gasteiger partial charge in [-0.05, 0) is 23.9 Å². The number of nitrogens with one attached hydrogen (secondary N) is 1. The average Bonchev–Trinajstić information content (AvgIpc) is 2.30. The van der Waals surface area contributed by atoms with E-state index in [1.165, 1.54) is 30.0 Å². The highest BCUT2D eigenvalue weighted by atomic mass is 35.5. The first-order chi connectivity index (χ1) is 8.08. The molecule has 17 heavy (non-hydrogen) atoms. The van der Waals surface area contributed by atoms with Gasteiger partial charge in [0.1, 0.15) is 0 Å². The number of thioether (sulfide) groups is 1. The first kappa shape index (κ1) is 13.9. The molecule has 0 aromatic heterocycles. The van der Waals surface area contributed by atoms with Crippen LogP contribution >= 0.6 is 23.4 Å². The molecule has 0 amide bonds. The van der Waals surface area contributed by atoms with E-state index in [9.17, 15) is 0 Å². The molecule has 0 aliphatic heterocycles. The molecule has 1 aromatic rings. The van der Waals surface area contributed by atoms with Crippen LogP contribution in [0.4, 0.5) is 5.69 Å². The first-order valence-electron chi connectivity index (χ1n) is 4.52. The van der Waals surface area contributed by atoms with E-state index in [-0.39, 0.29) is 5.46 Å². The second kappa shape index (κ2) is 6.52. The van der Waals surface area contributed by atoms with Crippen molar-refractivity contribution in [1.82, 2.24) is 5.32 Å². The van der Waals surface area contributed by atoms with Gasteiger partial charge >= 0.3 is 7.12 Å². The molecule has 0 fully saturated rings. The Morgan fingerprint density at radius 1 is 1.59 bits per heavy atom. The largest absolute Gasteiger partial charge is 0.488 e. The highest BCUT2D eigenvalue weighted by Crippen LogP contribution is 2.24. The molecule has 0 saturated heterocycles. The third-order valence-corrected chi connectivity index (χ3v) is 2.75. The molecule has 0 atom stereocenters. The third kappa shape index (κ3) is 3.95. The van der Waals surface area contributed by atoms with Crippen LogP contribution in [0, 0.1) is 11.5 Å². The van der Waals surface area contributed by atoms with Crippen LogP contribution < -0.4 is 10.8 Å². The molecule has 0 aliphatic carbocycles. The summed E-state index contributed by atoms with van der Waals surface area (Å²) >= 11 is 7.16. The Hall–Kier alpha value is -1.20. The summed E-state index contributed by atoms with van der Waals surface area (Å²) in [6.45, 7) is 0. The van der Waals surface area contributed by atoms with Crippen LogP contribution in [0.3, 0.4) is 0 Å². The van der Waals surface area contributed by atoms with E-state index in [1.807, 2.05) is 0 Å². The number of halogens is 1. The van der Waals surface area contributed by atoms with Crippen molar-refractivity contribution in [2.45, 2.75) is 0 Å². The van der Waals surface area contributed by atoms with Crippen LogP contribution in [0.25, 0.3) is 0 Å². The number of hydrogen-bond acceptors (Lipinski definition) is 5. The van der Waals surface area contributed by atoms with Crippen LogP contribution in [0.5, 0.6) is 0 Å². The molecule has 1 rings (SSSR count). The van der Waals surface area contributed by atoms with Crippen LogP contribution in [0.1, 0.15) is 0 Å². The third-order valence-electron chi connectivity index (χ3n) is 1.85. The SMILES string of the molecule is CSC(=Nc1cc(B(O)O)ccc1Cl)NC#N.